The van der Waals surface area contributed by atoms with Crippen molar-refractivity contribution in [1.29, 1.82) is 5.26 Å². The second-order valence-corrected chi connectivity index (χ2v) is 19.9. The van der Waals surface area contributed by atoms with Crippen molar-refractivity contribution in [1.82, 2.24) is 20.2 Å². The third-order valence-electron chi connectivity index (χ3n) is 12.7. The van der Waals surface area contributed by atoms with E-state index in [-0.39, 0.29) is 47.6 Å². The van der Waals surface area contributed by atoms with Gasteiger partial charge in [-0.05, 0) is 98.7 Å². The van der Waals surface area contributed by atoms with E-state index in [1.165, 1.54) is 30.4 Å². The quantitative estimate of drug-likeness (QED) is 0.0995. The van der Waals surface area contributed by atoms with E-state index in [9.17, 15) is 29.0 Å². The van der Waals surface area contributed by atoms with E-state index in [0.717, 1.165) is 37.7 Å². The maximum atomic E-state index is 16.6. The van der Waals surface area contributed by atoms with Gasteiger partial charge < -0.3 is 24.4 Å². The number of halogens is 1. The summed E-state index contributed by atoms with van der Waals surface area (Å²) in [4.78, 5) is 59.6. The summed E-state index contributed by atoms with van der Waals surface area (Å²) >= 11 is 1.18. The van der Waals surface area contributed by atoms with Crippen molar-refractivity contribution in [3.8, 4) is 11.8 Å². The highest BCUT2D eigenvalue weighted by atomic mass is 32.1. The minimum absolute atomic E-state index is 0.0197. The van der Waals surface area contributed by atoms with Crippen molar-refractivity contribution >= 4 is 52.6 Å². The summed E-state index contributed by atoms with van der Waals surface area (Å²) in [7, 11) is -4.46. The predicted octanol–water partition coefficient (Wildman–Crippen LogP) is 8.40. The number of nitrogens with zero attached hydrogens (tertiary/aromatic N) is 3. The Bertz CT molecular complexity index is 2370. The SMILES string of the molecule is CCCOC(=O)[C@H](C)NP(=O)(Oc1ccccc1)[C@@H](F)c1ccc2sc(C(=O)N[C@H]3CCCC[C@H]4CC[C@@H](C(=O)N5C[C@H](c6ccccc6)[C@@H](C#N)C56CC6)N4C3=O)cc2c1. The van der Waals surface area contributed by atoms with Crippen molar-refractivity contribution in [2.24, 2.45) is 5.92 Å². The van der Waals surface area contributed by atoms with Crippen LogP contribution in [-0.2, 0) is 23.7 Å². The third-order valence-corrected chi connectivity index (χ3v) is 16.0. The predicted molar refractivity (Wildman–Crippen MR) is 230 cm³/mol. The summed E-state index contributed by atoms with van der Waals surface area (Å²) in [6, 6.07) is 24.0. The van der Waals surface area contributed by atoms with Crippen molar-refractivity contribution in [3.05, 3.63) is 101 Å². The zero-order valence-electron chi connectivity index (χ0n) is 34.3. The molecule has 4 aromatic rings. The number of nitrogens with one attached hydrogen (secondary N) is 2. The number of rotatable bonds is 13. The molecule has 61 heavy (non-hydrogen) atoms. The van der Waals surface area contributed by atoms with Crippen LogP contribution < -0.4 is 14.9 Å². The molecule has 0 radical (unpaired) electrons. The number of likely N-dealkylation sites (tertiary alicyclic amines) is 1. The minimum Gasteiger partial charge on any atom is -0.465 e. The van der Waals surface area contributed by atoms with Gasteiger partial charge in [-0.15, -0.1) is 11.3 Å². The molecule has 15 heteroatoms. The molecule has 2 N–H and O–H groups in total. The molecule has 3 aliphatic heterocycles. The van der Waals surface area contributed by atoms with Gasteiger partial charge in [-0.25, -0.2) is 9.48 Å². The maximum Gasteiger partial charge on any atom is 0.355 e. The third kappa shape index (κ3) is 8.45. The minimum atomic E-state index is -4.46. The zero-order valence-corrected chi connectivity index (χ0v) is 36.0. The number of alkyl halides is 1. The van der Waals surface area contributed by atoms with E-state index in [1.807, 2.05) is 42.2 Å². The largest absolute Gasteiger partial charge is 0.465 e. The summed E-state index contributed by atoms with van der Waals surface area (Å²) in [6.45, 7) is 3.87. The van der Waals surface area contributed by atoms with Gasteiger partial charge in [0.05, 0.1) is 29.0 Å². The van der Waals surface area contributed by atoms with Gasteiger partial charge in [0.25, 0.3) is 5.91 Å². The number of fused-ring (bicyclic) bond motifs is 2. The van der Waals surface area contributed by atoms with Crippen LogP contribution in [0.5, 0.6) is 5.75 Å². The van der Waals surface area contributed by atoms with E-state index in [1.54, 1.807) is 47.4 Å². The molecule has 1 aromatic heterocycles. The second-order valence-electron chi connectivity index (χ2n) is 16.7. The fourth-order valence-electron chi connectivity index (χ4n) is 9.51. The van der Waals surface area contributed by atoms with Gasteiger partial charge >= 0.3 is 13.5 Å². The number of carbonyl (C=O) groups excluding carboxylic acids is 4. The molecule has 4 aliphatic rings. The van der Waals surface area contributed by atoms with Crippen LogP contribution in [0.3, 0.4) is 0 Å². The van der Waals surface area contributed by atoms with Gasteiger partial charge in [-0.2, -0.15) is 5.26 Å². The van der Waals surface area contributed by atoms with Crippen molar-refractivity contribution in [3.63, 3.8) is 0 Å². The number of ether oxygens (including phenoxy) is 1. The number of benzene rings is 3. The number of thiophene rings is 1. The highest BCUT2D eigenvalue weighted by Gasteiger charge is 2.64. The molecule has 3 saturated heterocycles. The van der Waals surface area contributed by atoms with E-state index in [0.29, 0.717) is 47.2 Å². The Labute approximate surface area is 359 Å². The molecule has 1 unspecified atom stereocenters. The first-order valence-corrected chi connectivity index (χ1v) is 23.8. The Balaban J connectivity index is 0.991. The van der Waals surface area contributed by atoms with Crippen molar-refractivity contribution in [2.75, 3.05) is 13.2 Å². The van der Waals surface area contributed by atoms with Crippen molar-refractivity contribution in [2.45, 2.75) is 113 Å². The number of carbonyl (C=O) groups is 4. The first-order chi connectivity index (χ1) is 29.5. The molecule has 1 saturated carbocycles. The second kappa shape index (κ2) is 17.7. The monoisotopic (exact) mass is 867 g/mol. The normalized spacial score (nSPS) is 25.1. The van der Waals surface area contributed by atoms with Gasteiger partial charge in [-0.3, -0.25) is 23.7 Å². The van der Waals surface area contributed by atoms with Gasteiger partial charge in [0, 0.05) is 23.2 Å². The highest BCUT2D eigenvalue weighted by molar-refractivity contribution is 7.57. The molecule has 8 atom stereocenters. The molecule has 0 bridgehead atoms. The number of hydrogen-bond acceptors (Lipinski definition) is 9. The lowest BCUT2D eigenvalue weighted by atomic mass is 9.85. The number of nitriles is 1. The Morgan fingerprint density at radius 1 is 1.00 bits per heavy atom. The topological polar surface area (TPSA) is 158 Å². The van der Waals surface area contributed by atoms with Crippen molar-refractivity contribution < 1.29 is 37.4 Å². The summed E-state index contributed by atoms with van der Waals surface area (Å²) < 4.78 is 42.5. The zero-order chi connectivity index (χ0) is 42.9. The smallest absolute Gasteiger partial charge is 0.355 e. The molecule has 320 valence electrons. The lowest BCUT2D eigenvalue weighted by Gasteiger charge is -2.37. The Kier molecular flexibility index (Phi) is 12.4. The van der Waals surface area contributed by atoms with Crippen LogP contribution in [0.1, 0.15) is 104 Å². The van der Waals surface area contributed by atoms with Gasteiger partial charge in [0.2, 0.25) is 17.7 Å². The molecular weight excluding hydrogens is 817 g/mol. The van der Waals surface area contributed by atoms with Gasteiger partial charge in [0.15, 0.2) is 0 Å². The van der Waals surface area contributed by atoms with Crippen LogP contribution in [0.15, 0.2) is 84.9 Å². The molecular formula is C46H51FN5O7PS. The summed E-state index contributed by atoms with van der Waals surface area (Å²) in [5.41, 5.74) is 0.541. The Morgan fingerprint density at radius 2 is 1.72 bits per heavy atom. The number of hydrogen-bond donors (Lipinski definition) is 2. The molecule has 8 rings (SSSR count). The standard InChI is InChI=1S/C46H51FN5O7PS/c1-3-24-58-45(56)29(2)50-60(57,59-34-15-8-5-9-16-34)41(47)31-18-21-39-32(25-31)26-40(61-39)42(53)49-37-17-11-10-14-33-19-20-38(52(33)43(37)54)44(55)51-28-35(30-12-6-4-7-13-30)36(27-48)46(51)22-23-46/h4-9,12-13,15-16,18,21,25-26,29,33,35-38,41H,3,10-11,14,17,19-20,22-24,28H2,1-2H3,(H,49,53)(H,50,57)/t29-,33-,35+,36+,37-,38-,41+,60?/m0/s1. The fourth-order valence-corrected chi connectivity index (χ4v) is 12.4. The van der Waals surface area contributed by atoms with Crippen LogP contribution in [0.4, 0.5) is 4.39 Å². The summed E-state index contributed by atoms with van der Waals surface area (Å²) in [6.07, 6.45) is 6.12. The van der Waals surface area contributed by atoms with Gasteiger partial charge in [0.1, 0.15) is 23.9 Å². The average molecular weight is 868 g/mol. The molecule has 4 fully saturated rings. The Hall–Kier alpha value is -5.09. The van der Waals surface area contributed by atoms with E-state index in [2.05, 4.69) is 16.5 Å². The number of esters is 1. The summed E-state index contributed by atoms with van der Waals surface area (Å²) in [5.74, 6) is -4.01. The first-order valence-electron chi connectivity index (χ1n) is 21.3. The molecule has 3 aromatic carbocycles. The van der Waals surface area contributed by atoms with E-state index >= 15 is 4.39 Å². The Morgan fingerprint density at radius 3 is 2.43 bits per heavy atom. The number of para-hydroxylation sites is 1. The van der Waals surface area contributed by atoms with Crippen LogP contribution in [-0.4, -0.2) is 76.3 Å². The average Bonchev–Trinajstić information content (AvgIpc) is 3.59. The van der Waals surface area contributed by atoms with Crippen LogP contribution >= 0.6 is 18.9 Å². The van der Waals surface area contributed by atoms with Crippen LogP contribution in [0, 0.1) is 17.2 Å². The molecule has 4 heterocycles. The molecule has 12 nitrogen and oxygen atoms in total. The molecule has 1 aliphatic carbocycles. The highest BCUT2D eigenvalue weighted by Crippen LogP contribution is 2.59. The lowest BCUT2D eigenvalue weighted by Crippen LogP contribution is -2.57. The summed E-state index contributed by atoms with van der Waals surface area (Å²) in [5, 5.41) is 16.4. The first kappa shape index (κ1) is 42.6. The lowest BCUT2D eigenvalue weighted by molar-refractivity contribution is -0.148. The fraction of sp³-hybridized carbons (Fsp3) is 0.457. The molecule has 1 spiro atoms. The molecule has 3 amide bonds. The van der Waals surface area contributed by atoms with Crippen LogP contribution in [0.25, 0.3) is 10.1 Å². The van der Waals surface area contributed by atoms with E-state index in [4.69, 9.17) is 9.26 Å². The number of amides is 3. The van der Waals surface area contributed by atoms with E-state index < -0.39 is 49.0 Å². The van der Waals surface area contributed by atoms with Gasteiger partial charge in [-0.1, -0.05) is 74.4 Å². The van der Waals surface area contributed by atoms with Crippen LogP contribution in [0.2, 0.25) is 0 Å². The maximum absolute atomic E-state index is 16.6.